The van der Waals surface area contributed by atoms with E-state index in [0.717, 1.165) is 5.69 Å². The zero-order chi connectivity index (χ0) is 22.9. The molecule has 3 amide bonds. The van der Waals surface area contributed by atoms with Crippen LogP contribution in [0.5, 0.6) is 11.5 Å². The molecule has 2 aliphatic rings. The Labute approximate surface area is 209 Å². The van der Waals surface area contributed by atoms with Crippen molar-refractivity contribution in [3.63, 3.8) is 0 Å². The number of anilines is 2. The van der Waals surface area contributed by atoms with Gasteiger partial charge in [0.15, 0.2) is 0 Å². The Morgan fingerprint density at radius 1 is 1.27 bits per heavy atom. The van der Waals surface area contributed by atoms with Gasteiger partial charge in [0, 0.05) is 0 Å². The first-order chi connectivity index (χ1) is 16.0. The maximum atomic E-state index is 14.3. The summed E-state index contributed by atoms with van der Waals surface area (Å²) in [6, 6.07) is 5.98. The molecule has 33 heavy (non-hydrogen) atoms. The number of amides is 3. The van der Waals surface area contributed by atoms with E-state index in [1.807, 2.05) is 0 Å². The molecule has 0 fully saturated rings. The SMILES string of the molecule is COc1c(F)cccc1Nc1c2[nH]c3c1C(=O)NC(C3)[I-]NC(=O)N[I-]Oc1cnccc1-2. The fraction of sp³-hybridized carbons (Fsp3) is 0.150. The first kappa shape index (κ1) is 22.0. The summed E-state index contributed by atoms with van der Waals surface area (Å²) in [5.74, 6) is -0.324. The summed E-state index contributed by atoms with van der Waals surface area (Å²) in [6.07, 6.45) is 3.68. The van der Waals surface area contributed by atoms with Crippen LogP contribution in [0.15, 0.2) is 36.7 Å². The first-order valence-electron chi connectivity index (χ1n) is 9.64. The molecule has 0 aliphatic carbocycles. The van der Waals surface area contributed by atoms with Gasteiger partial charge < -0.3 is 0 Å². The molecule has 0 saturated heterocycles. The number of methoxy groups -OCH3 is 1. The topological polar surface area (TPSA) is 129 Å². The molecule has 0 saturated carbocycles. The number of aromatic nitrogens is 2. The second kappa shape index (κ2) is 9.20. The third kappa shape index (κ3) is 4.25. The van der Waals surface area contributed by atoms with Crippen molar-refractivity contribution in [2.24, 2.45) is 0 Å². The number of carbonyl (C=O) groups is 2. The van der Waals surface area contributed by atoms with Gasteiger partial charge in [-0.15, -0.1) is 0 Å². The normalized spacial score (nSPS) is 17.7. The van der Waals surface area contributed by atoms with Gasteiger partial charge in [-0.1, -0.05) is 0 Å². The van der Waals surface area contributed by atoms with Gasteiger partial charge in [-0.25, -0.2) is 0 Å². The first-order valence-corrected chi connectivity index (χ1v) is 13.9. The van der Waals surface area contributed by atoms with Gasteiger partial charge in [-0.2, -0.15) is 0 Å². The van der Waals surface area contributed by atoms with Crippen LogP contribution in [0.1, 0.15) is 16.1 Å². The molecule has 1 unspecified atom stereocenters. The van der Waals surface area contributed by atoms with Crippen molar-refractivity contribution in [3.8, 4) is 22.8 Å². The number of aromatic amines is 1. The van der Waals surface area contributed by atoms with E-state index in [1.54, 1.807) is 30.6 Å². The summed E-state index contributed by atoms with van der Waals surface area (Å²) in [5, 5.41) is 6.19. The molecule has 1 aromatic carbocycles. The molecule has 1 atom stereocenters. The number of hydrogen-bond acceptors (Lipinski definition) is 6. The van der Waals surface area contributed by atoms with Gasteiger partial charge in [-0.3, -0.25) is 0 Å². The minimum atomic E-state index is -1.15. The van der Waals surface area contributed by atoms with Crippen molar-refractivity contribution in [1.82, 2.24) is 22.3 Å². The predicted molar refractivity (Wildman–Crippen MR) is 108 cm³/mol. The minimum absolute atomic E-state index is 0.0387. The van der Waals surface area contributed by atoms with E-state index >= 15 is 0 Å². The van der Waals surface area contributed by atoms with Crippen LogP contribution in [0, 0.1) is 5.82 Å². The zero-order valence-corrected chi connectivity index (χ0v) is 21.3. The molecule has 13 heteroatoms. The van der Waals surface area contributed by atoms with Crippen LogP contribution in [0.25, 0.3) is 11.3 Å². The molecule has 0 spiro atoms. The summed E-state index contributed by atoms with van der Waals surface area (Å²) < 4.78 is 30.9. The number of urea groups is 1. The number of hydrogen-bond donors (Lipinski definition) is 5. The van der Waals surface area contributed by atoms with Crippen LogP contribution in [-0.4, -0.2) is 33.1 Å². The summed E-state index contributed by atoms with van der Waals surface area (Å²) in [5.41, 5.74) is 3.25. The zero-order valence-electron chi connectivity index (χ0n) is 17.0. The Morgan fingerprint density at radius 2 is 2.15 bits per heavy atom. The van der Waals surface area contributed by atoms with Gasteiger partial charge in [-0.05, 0) is 0 Å². The van der Waals surface area contributed by atoms with E-state index in [2.05, 4.69) is 27.7 Å². The number of H-pyrrole nitrogens is 1. The molecule has 0 radical (unpaired) electrons. The van der Waals surface area contributed by atoms with E-state index in [9.17, 15) is 14.0 Å². The number of benzene rings is 1. The molecule has 3 aromatic rings. The molecular formula is C20H17FI2N6O4-2. The standard InChI is InChI=1S/C20H17FI2N6O4/c1-32-18-10(21)3-2-4-11(18)25-17-15-12-7-14(27-19(15)30)22-28-20(31)29-23-33-13-8-24-6-5-9(13)16(17)26-12/h2-6,8,14,25-26H,7H2,1H3,(H,27,30)(H2,28,29,31)/q-2. The Balaban J connectivity index is 1.69. The number of halogens is 3. The van der Waals surface area contributed by atoms with Crippen molar-refractivity contribution in [2.45, 2.75) is 10.5 Å². The Morgan fingerprint density at radius 3 is 3.00 bits per heavy atom. The van der Waals surface area contributed by atoms with E-state index in [-0.39, 0.29) is 21.7 Å². The molecular weight excluding hydrogens is 661 g/mol. The van der Waals surface area contributed by atoms with Gasteiger partial charge in [0.1, 0.15) is 0 Å². The summed E-state index contributed by atoms with van der Waals surface area (Å²) in [7, 11) is 1.39. The Bertz CT molecular complexity index is 1250. The van der Waals surface area contributed by atoms with Crippen molar-refractivity contribution < 1.29 is 65.2 Å². The number of carbonyl (C=O) groups excluding carboxylic acids is 2. The number of pyridine rings is 1. The number of para-hydroxylation sites is 1. The quantitative estimate of drug-likeness (QED) is 0.0838. The maximum absolute atomic E-state index is 14.3. The number of nitrogens with zero attached hydrogens (tertiary/aromatic N) is 1. The second-order valence-corrected chi connectivity index (χ2v) is 11.1. The van der Waals surface area contributed by atoms with Gasteiger partial charge in [0.2, 0.25) is 0 Å². The van der Waals surface area contributed by atoms with Crippen molar-refractivity contribution >= 4 is 23.3 Å². The summed E-state index contributed by atoms with van der Waals surface area (Å²) in [6.45, 7) is 0. The Kier molecular flexibility index (Phi) is 6.13. The van der Waals surface area contributed by atoms with Crippen LogP contribution in [0.3, 0.4) is 0 Å². The molecule has 174 valence electrons. The number of ether oxygens (including phenoxy) is 1. The predicted octanol–water partition coefficient (Wildman–Crippen LogP) is -3.81. The van der Waals surface area contributed by atoms with Crippen LogP contribution < -0.4 is 68.9 Å². The van der Waals surface area contributed by atoms with Crippen LogP contribution in [-0.2, 0) is 6.42 Å². The monoisotopic (exact) mass is 678 g/mol. The fourth-order valence-electron chi connectivity index (χ4n) is 3.62. The van der Waals surface area contributed by atoms with Crippen molar-refractivity contribution in [3.05, 3.63) is 53.7 Å². The average molecular weight is 678 g/mol. The van der Waals surface area contributed by atoms with Gasteiger partial charge in [0.25, 0.3) is 0 Å². The van der Waals surface area contributed by atoms with E-state index in [4.69, 9.17) is 7.80 Å². The number of alkyl halides is 1. The van der Waals surface area contributed by atoms with E-state index < -0.39 is 49.2 Å². The molecule has 5 rings (SSSR count). The molecule has 5 N–H and O–H groups in total. The van der Waals surface area contributed by atoms with Crippen LogP contribution in [0.2, 0.25) is 0 Å². The summed E-state index contributed by atoms with van der Waals surface area (Å²) >= 11 is -2.01. The van der Waals surface area contributed by atoms with Gasteiger partial charge >= 0.3 is 210 Å². The number of rotatable bonds is 3. The van der Waals surface area contributed by atoms with Crippen LogP contribution >= 0.6 is 0 Å². The van der Waals surface area contributed by atoms with Crippen molar-refractivity contribution in [1.29, 1.82) is 0 Å². The van der Waals surface area contributed by atoms with Crippen LogP contribution in [0.4, 0.5) is 20.6 Å². The average Bonchev–Trinajstić information content (AvgIpc) is 3.16. The third-order valence-corrected chi connectivity index (χ3v) is 8.69. The molecule has 4 heterocycles. The number of fused-ring (bicyclic) bond motifs is 4. The van der Waals surface area contributed by atoms with Gasteiger partial charge in [0.05, 0.1) is 0 Å². The van der Waals surface area contributed by atoms with Crippen molar-refractivity contribution in [2.75, 3.05) is 12.4 Å². The fourth-order valence-corrected chi connectivity index (χ4v) is 7.06. The van der Waals surface area contributed by atoms with E-state index in [1.165, 1.54) is 13.2 Å². The molecule has 10 nitrogen and oxygen atoms in total. The molecule has 3 bridgehead atoms. The second-order valence-electron chi connectivity index (χ2n) is 6.97. The Hall–Kier alpha value is -2.82. The molecule has 2 aliphatic heterocycles. The van der Waals surface area contributed by atoms with E-state index in [0.29, 0.717) is 40.4 Å². The number of nitrogens with one attached hydrogen (secondary N) is 5. The summed E-state index contributed by atoms with van der Waals surface area (Å²) in [4.78, 5) is 32.8. The molecule has 2 aromatic heterocycles. The third-order valence-electron chi connectivity index (χ3n) is 4.98.